The summed E-state index contributed by atoms with van der Waals surface area (Å²) in [6.07, 6.45) is 0. The van der Waals surface area contributed by atoms with E-state index < -0.39 is 23.2 Å². The van der Waals surface area contributed by atoms with E-state index in [1.165, 1.54) is 24.3 Å². The van der Waals surface area contributed by atoms with E-state index in [1.807, 2.05) is 0 Å². The maximum atomic E-state index is 13.8. The van der Waals surface area contributed by atoms with Gasteiger partial charge < -0.3 is 10.1 Å². The summed E-state index contributed by atoms with van der Waals surface area (Å²) in [6.45, 7) is 0.223. The van der Waals surface area contributed by atoms with Crippen LogP contribution in [0.25, 0.3) is 0 Å². The molecule has 0 aliphatic carbocycles. The molecule has 1 N–H and O–H groups in total. The van der Waals surface area contributed by atoms with Gasteiger partial charge in [0.15, 0.2) is 17.4 Å². The van der Waals surface area contributed by atoms with Crippen LogP contribution in [-0.4, -0.2) is 7.05 Å². The Kier molecular flexibility index (Phi) is 5.25. The molecule has 2 aromatic carbocycles. The number of ether oxygens (including phenoxy) is 1. The van der Waals surface area contributed by atoms with Crippen LogP contribution in [0.2, 0.25) is 0 Å². The van der Waals surface area contributed by atoms with Crippen LogP contribution in [0.15, 0.2) is 34.8 Å². The van der Waals surface area contributed by atoms with Gasteiger partial charge in [-0.15, -0.1) is 0 Å². The summed E-state index contributed by atoms with van der Waals surface area (Å²) in [7, 11) is 1.68. The van der Waals surface area contributed by atoms with Gasteiger partial charge in [0.1, 0.15) is 12.4 Å². The van der Waals surface area contributed by atoms with Crippen molar-refractivity contribution in [3.63, 3.8) is 0 Å². The lowest BCUT2D eigenvalue weighted by atomic mass is 10.2. The first kappa shape index (κ1) is 15.9. The van der Waals surface area contributed by atoms with E-state index in [-0.39, 0.29) is 6.61 Å². The summed E-state index contributed by atoms with van der Waals surface area (Å²) in [5, 5.41) is 2.81. The van der Waals surface area contributed by atoms with Crippen molar-refractivity contribution in [1.82, 2.24) is 5.32 Å². The van der Waals surface area contributed by atoms with Gasteiger partial charge in [0, 0.05) is 11.0 Å². The van der Waals surface area contributed by atoms with E-state index >= 15 is 0 Å². The maximum absolute atomic E-state index is 13.8. The van der Waals surface area contributed by atoms with Crippen LogP contribution >= 0.6 is 15.9 Å². The third-order valence-electron chi connectivity index (χ3n) is 2.74. The molecule has 2 rings (SSSR count). The van der Waals surface area contributed by atoms with Gasteiger partial charge in [0.25, 0.3) is 0 Å². The van der Waals surface area contributed by atoms with Crippen LogP contribution in [0.1, 0.15) is 11.1 Å². The fourth-order valence-electron chi connectivity index (χ4n) is 1.91. The molecular weight excluding hydrogens is 347 g/mol. The van der Waals surface area contributed by atoms with E-state index in [9.17, 15) is 13.2 Å². The highest BCUT2D eigenvalue weighted by atomic mass is 79.9. The maximum Gasteiger partial charge on any atom is 0.191 e. The molecule has 0 saturated heterocycles. The van der Waals surface area contributed by atoms with Crippen molar-refractivity contribution >= 4 is 15.9 Å². The molecule has 0 heterocycles. The van der Waals surface area contributed by atoms with Crippen molar-refractivity contribution < 1.29 is 17.9 Å². The van der Waals surface area contributed by atoms with Gasteiger partial charge in [-0.3, -0.25) is 0 Å². The summed E-state index contributed by atoms with van der Waals surface area (Å²) in [4.78, 5) is 0. The molecule has 0 aliphatic rings. The lowest BCUT2D eigenvalue weighted by Crippen LogP contribution is -2.07. The Hall–Kier alpha value is -1.53. The fourth-order valence-corrected chi connectivity index (χ4v) is 2.42. The first-order chi connectivity index (χ1) is 9.99. The zero-order valence-corrected chi connectivity index (χ0v) is 12.8. The largest absolute Gasteiger partial charge is 0.483 e. The zero-order chi connectivity index (χ0) is 15.4. The van der Waals surface area contributed by atoms with Gasteiger partial charge in [-0.2, -0.15) is 0 Å². The quantitative estimate of drug-likeness (QED) is 0.865. The molecule has 0 radical (unpaired) electrons. The van der Waals surface area contributed by atoms with E-state index in [0.29, 0.717) is 22.1 Å². The van der Waals surface area contributed by atoms with Crippen molar-refractivity contribution in [1.29, 1.82) is 0 Å². The average Bonchev–Trinajstić information content (AvgIpc) is 2.36. The molecule has 0 spiro atoms. The van der Waals surface area contributed by atoms with Gasteiger partial charge in [-0.25, -0.2) is 13.2 Å². The third-order valence-corrected chi connectivity index (χ3v) is 3.20. The summed E-state index contributed by atoms with van der Waals surface area (Å²) >= 11 is 3.14. The molecule has 0 amide bonds. The Morgan fingerprint density at radius 3 is 2.24 bits per heavy atom. The highest BCUT2D eigenvalue weighted by molar-refractivity contribution is 9.10. The van der Waals surface area contributed by atoms with Gasteiger partial charge in [0.05, 0.1) is 0 Å². The SMILES string of the molecule is CNCc1cc(F)c(OCc2cc(F)cc(Br)c2)c(F)c1. The average molecular weight is 360 g/mol. The minimum Gasteiger partial charge on any atom is -0.483 e. The molecule has 0 saturated carbocycles. The second kappa shape index (κ2) is 6.95. The standard InChI is InChI=1S/C15H13BrF3NO/c1-20-7-9-4-13(18)15(14(19)5-9)21-8-10-2-11(16)6-12(17)3-10/h2-6,20H,7-8H2,1H3. The lowest BCUT2D eigenvalue weighted by molar-refractivity contribution is 0.273. The Labute approximate surface area is 129 Å². The summed E-state index contributed by atoms with van der Waals surface area (Å²) in [5.41, 5.74) is 0.952. The molecule has 112 valence electrons. The summed E-state index contributed by atoms with van der Waals surface area (Å²) in [6, 6.07) is 6.56. The molecule has 2 aromatic rings. The van der Waals surface area contributed by atoms with Crippen LogP contribution in [0.3, 0.4) is 0 Å². The number of halogens is 4. The molecular formula is C15H13BrF3NO. The predicted octanol–water partition coefficient (Wildman–Crippen LogP) is 4.16. The van der Waals surface area contributed by atoms with E-state index in [2.05, 4.69) is 21.2 Å². The molecule has 2 nitrogen and oxygen atoms in total. The Balaban J connectivity index is 2.16. The molecule has 6 heteroatoms. The molecule has 0 bridgehead atoms. The van der Waals surface area contributed by atoms with Crippen LogP contribution in [0, 0.1) is 17.5 Å². The number of hydrogen-bond donors (Lipinski definition) is 1. The van der Waals surface area contributed by atoms with E-state index in [0.717, 1.165) is 0 Å². The second-order valence-electron chi connectivity index (χ2n) is 4.49. The van der Waals surface area contributed by atoms with Crippen molar-refractivity contribution in [2.45, 2.75) is 13.2 Å². The summed E-state index contributed by atoms with van der Waals surface area (Å²) in [5.74, 6) is -2.48. The molecule has 0 atom stereocenters. The van der Waals surface area contributed by atoms with Crippen LogP contribution in [-0.2, 0) is 13.2 Å². The van der Waals surface area contributed by atoms with Crippen LogP contribution < -0.4 is 10.1 Å². The van der Waals surface area contributed by atoms with Crippen molar-refractivity contribution in [2.24, 2.45) is 0 Å². The molecule has 0 unspecified atom stereocenters. The van der Waals surface area contributed by atoms with Gasteiger partial charge in [0.2, 0.25) is 0 Å². The predicted molar refractivity (Wildman–Crippen MR) is 77.6 cm³/mol. The zero-order valence-electron chi connectivity index (χ0n) is 11.2. The van der Waals surface area contributed by atoms with Gasteiger partial charge in [-0.1, -0.05) is 15.9 Å². The van der Waals surface area contributed by atoms with Crippen molar-refractivity contribution in [3.05, 3.63) is 63.4 Å². The van der Waals surface area contributed by atoms with Gasteiger partial charge >= 0.3 is 0 Å². The second-order valence-corrected chi connectivity index (χ2v) is 5.40. The first-order valence-electron chi connectivity index (χ1n) is 6.20. The third kappa shape index (κ3) is 4.22. The topological polar surface area (TPSA) is 21.3 Å². The van der Waals surface area contributed by atoms with Crippen molar-refractivity contribution in [3.8, 4) is 5.75 Å². The lowest BCUT2D eigenvalue weighted by Gasteiger charge is -2.10. The van der Waals surface area contributed by atoms with Crippen molar-refractivity contribution in [2.75, 3.05) is 7.05 Å². The number of benzene rings is 2. The Morgan fingerprint density at radius 2 is 1.67 bits per heavy atom. The number of nitrogens with one attached hydrogen (secondary N) is 1. The van der Waals surface area contributed by atoms with Crippen LogP contribution in [0.5, 0.6) is 5.75 Å². The highest BCUT2D eigenvalue weighted by Gasteiger charge is 2.13. The fraction of sp³-hybridized carbons (Fsp3) is 0.200. The smallest absolute Gasteiger partial charge is 0.191 e. The Bertz CT molecular complexity index is 606. The van der Waals surface area contributed by atoms with Gasteiger partial charge in [-0.05, 0) is 48.5 Å². The monoisotopic (exact) mass is 359 g/mol. The molecule has 0 aromatic heterocycles. The normalized spacial score (nSPS) is 10.7. The number of hydrogen-bond acceptors (Lipinski definition) is 2. The van der Waals surface area contributed by atoms with Crippen LogP contribution in [0.4, 0.5) is 13.2 Å². The Morgan fingerprint density at radius 1 is 1.00 bits per heavy atom. The highest BCUT2D eigenvalue weighted by Crippen LogP contribution is 2.25. The molecule has 21 heavy (non-hydrogen) atoms. The van der Waals surface area contributed by atoms with E-state index in [1.54, 1.807) is 13.1 Å². The minimum atomic E-state index is -0.782. The minimum absolute atomic E-state index is 0.129. The molecule has 0 fully saturated rings. The first-order valence-corrected chi connectivity index (χ1v) is 6.99. The molecule has 0 aliphatic heterocycles. The summed E-state index contributed by atoms with van der Waals surface area (Å²) < 4.78 is 46.5. The van der Waals surface area contributed by atoms with E-state index in [4.69, 9.17) is 4.74 Å². The number of rotatable bonds is 5.